The second-order valence-electron chi connectivity index (χ2n) is 5.71. The number of aliphatic hydroxyl groups excluding tert-OH is 1. The number of guanidine groups is 1. The molecule has 0 bridgehead atoms. The van der Waals surface area contributed by atoms with E-state index < -0.39 is 0 Å². The van der Waals surface area contributed by atoms with Gasteiger partial charge in [0.05, 0.1) is 6.61 Å². The molecule has 3 N–H and O–H groups in total. The number of nitrogens with one attached hydrogen (secondary N) is 2. The Labute approximate surface area is 125 Å². The number of aliphatic imine (C=N–C) groups is 1. The monoisotopic (exact) mass is 301 g/mol. The predicted molar refractivity (Wildman–Crippen MR) is 84.4 cm³/mol. The van der Waals surface area contributed by atoms with Gasteiger partial charge in [-0.1, -0.05) is 0 Å². The van der Waals surface area contributed by atoms with Gasteiger partial charge in [0.1, 0.15) is 0 Å². The summed E-state index contributed by atoms with van der Waals surface area (Å²) < 4.78 is 5.39. The lowest BCUT2D eigenvalue weighted by molar-refractivity contribution is -0.0131. The number of rotatable bonds is 5. The minimum atomic E-state index is -0.0576. The maximum Gasteiger partial charge on any atom is 0.191 e. The Morgan fingerprint density at radius 2 is 2.20 bits per heavy atom. The molecular formula is C14H27N3O2S. The highest BCUT2D eigenvalue weighted by atomic mass is 32.2. The van der Waals surface area contributed by atoms with Gasteiger partial charge in [0.15, 0.2) is 5.96 Å². The summed E-state index contributed by atoms with van der Waals surface area (Å²) in [5, 5.41) is 17.1. The lowest BCUT2D eigenvalue weighted by Crippen LogP contribution is -2.48. The second-order valence-corrected chi connectivity index (χ2v) is 7.12. The van der Waals surface area contributed by atoms with Crippen molar-refractivity contribution in [2.45, 2.75) is 30.9 Å². The van der Waals surface area contributed by atoms with Crippen LogP contribution in [0.25, 0.3) is 0 Å². The smallest absolute Gasteiger partial charge is 0.191 e. The zero-order chi connectivity index (χ0) is 14.3. The molecule has 116 valence electrons. The summed E-state index contributed by atoms with van der Waals surface area (Å²) in [5.74, 6) is 2.13. The highest BCUT2D eigenvalue weighted by Gasteiger charge is 2.32. The van der Waals surface area contributed by atoms with Crippen LogP contribution in [0, 0.1) is 5.41 Å². The van der Waals surface area contributed by atoms with Crippen molar-refractivity contribution in [3.8, 4) is 0 Å². The van der Waals surface area contributed by atoms with Crippen LogP contribution in [0.2, 0.25) is 0 Å². The van der Waals surface area contributed by atoms with Crippen LogP contribution < -0.4 is 10.6 Å². The average Bonchev–Trinajstić information content (AvgIpc) is 3.02. The van der Waals surface area contributed by atoms with Crippen molar-refractivity contribution in [3.63, 3.8) is 0 Å². The van der Waals surface area contributed by atoms with Gasteiger partial charge in [0.25, 0.3) is 0 Å². The standard InChI is InChI=1S/C14H27N3O2S/c1-15-13(16-9-12-3-2-8-20-12)17-10-14(11-18)4-6-19-7-5-14/h12,18H,2-11H2,1H3,(H2,15,16,17). The van der Waals surface area contributed by atoms with Crippen LogP contribution in [-0.4, -0.2) is 62.0 Å². The van der Waals surface area contributed by atoms with E-state index in [9.17, 15) is 5.11 Å². The maximum atomic E-state index is 9.67. The van der Waals surface area contributed by atoms with Gasteiger partial charge in [-0.3, -0.25) is 4.99 Å². The third-order valence-corrected chi connectivity index (χ3v) is 5.66. The van der Waals surface area contributed by atoms with Gasteiger partial charge in [0, 0.05) is 44.0 Å². The quantitative estimate of drug-likeness (QED) is 0.519. The fourth-order valence-electron chi connectivity index (χ4n) is 2.70. The predicted octanol–water partition coefficient (Wildman–Crippen LogP) is 0.836. The first kappa shape index (κ1) is 15.9. The van der Waals surface area contributed by atoms with E-state index in [4.69, 9.17) is 4.74 Å². The van der Waals surface area contributed by atoms with Crippen LogP contribution in [0.1, 0.15) is 25.7 Å². The molecule has 2 fully saturated rings. The molecule has 0 radical (unpaired) electrons. The van der Waals surface area contributed by atoms with E-state index >= 15 is 0 Å². The zero-order valence-electron chi connectivity index (χ0n) is 12.4. The van der Waals surface area contributed by atoms with Crippen LogP contribution in [0.3, 0.4) is 0 Å². The van der Waals surface area contributed by atoms with Gasteiger partial charge < -0.3 is 20.5 Å². The zero-order valence-corrected chi connectivity index (χ0v) is 13.2. The Morgan fingerprint density at radius 1 is 1.40 bits per heavy atom. The van der Waals surface area contributed by atoms with E-state index in [1.54, 1.807) is 7.05 Å². The number of hydrogen-bond acceptors (Lipinski definition) is 4. The molecule has 0 aromatic rings. The fourth-order valence-corrected chi connectivity index (χ4v) is 3.90. The van der Waals surface area contributed by atoms with E-state index in [0.717, 1.165) is 45.1 Å². The molecule has 5 nitrogen and oxygen atoms in total. The van der Waals surface area contributed by atoms with E-state index in [2.05, 4.69) is 15.6 Å². The van der Waals surface area contributed by atoms with Crippen molar-refractivity contribution in [2.75, 3.05) is 45.7 Å². The topological polar surface area (TPSA) is 65.9 Å². The molecular weight excluding hydrogens is 274 g/mol. The molecule has 2 aliphatic rings. The van der Waals surface area contributed by atoms with Gasteiger partial charge in [-0.05, 0) is 31.4 Å². The Balaban J connectivity index is 1.74. The molecule has 0 amide bonds. The molecule has 2 aliphatic heterocycles. The molecule has 0 aromatic heterocycles. The third kappa shape index (κ3) is 4.53. The van der Waals surface area contributed by atoms with Crippen molar-refractivity contribution >= 4 is 17.7 Å². The Hall–Kier alpha value is -0.460. The Morgan fingerprint density at radius 3 is 2.80 bits per heavy atom. The van der Waals surface area contributed by atoms with Crippen molar-refractivity contribution in [3.05, 3.63) is 0 Å². The van der Waals surface area contributed by atoms with Crippen LogP contribution in [0.4, 0.5) is 0 Å². The molecule has 0 spiro atoms. The molecule has 6 heteroatoms. The van der Waals surface area contributed by atoms with Crippen LogP contribution >= 0.6 is 11.8 Å². The summed E-state index contributed by atoms with van der Waals surface area (Å²) in [6, 6.07) is 0. The number of aliphatic hydroxyl groups is 1. The summed E-state index contributed by atoms with van der Waals surface area (Å²) in [5.41, 5.74) is -0.0576. The Bertz CT molecular complexity index is 314. The molecule has 1 atom stereocenters. The highest BCUT2D eigenvalue weighted by Crippen LogP contribution is 2.29. The lowest BCUT2D eigenvalue weighted by atomic mass is 9.81. The molecule has 1 unspecified atom stereocenters. The van der Waals surface area contributed by atoms with E-state index in [1.165, 1.54) is 18.6 Å². The number of nitrogens with zero attached hydrogens (tertiary/aromatic N) is 1. The number of ether oxygens (including phenoxy) is 1. The average molecular weight is 301 g/mol. The summed E-state index contributed by atoms with van der Waals surface area (Å²) in [6.45, 7) is 3.42. The number of thioether (sulfide) groups is 1. The van der Waals surface area contributed by atoms with Gasteiger partial charge in [0.2, 0.25) is 0 Å². The summed E-state index contributed by atoms with van der Waals surface area (Å²) in [6.07, 6.45) is 4.45. The molecule has 0 aliphatic carbocycles. The normalized spacial score (nSPS) is 26.5. The van der Waals surface area contributed by atoms with Crippen LogP contribution in [0.5, 0.6) is 0 Å². The lowest BCUT2D eigenvalue weighted by Gasteiger charge is -2.36. The molecule has 0 aromatic carbocycles. The minimum Gasteiger partial charge on any atom is -0.396 e. The molecule has 0 saturated carbocycles. The molecule has 2 saturated heterocycles. The summed E-state index contributed by atoms with van der Waals surface area (Å²) in [7, 11) is 1.80. The summed E-state index contributed by atoms with van der Waals surface area (Å²) in [4.78, 5) is 4.27. The van der Waals surface area contributed by atoms with Crippen molar-refractivity contribution in [2.24, 2.45) is 10.4 Å². The molecule has 2 heterocycles. The molecule has 20 heavy (non-hydrogen) atoms. The SMILES string of the molecule is CN=C(NCC1CCCS1)NCC1(CO)CCOCC1. The second kappa shape index (κ2) is 8.10. The van der Waals surface area contributed by atoms with Crippen molar-refractivity contribution < 1.29 is 9.84 Å². The van der Waals surface area contributed by atoms with E-state index in [-0.39, 0.29) is 12.0 Å². The first-order valence-electron chi connectivity index (χ1n) is 7.53. The van der Waals surface area contributed by atoms with E-state index in [1.807, 2.05) is 11.8 Å². The van der Waals surface area contributed by atoms with Gasteiger partial charge >= 0.3 is 0 Å². The largest absolute Gasteiger partial charge is 0.396 e. The van der Waals surface area contributed by atoms with Gasteiger partial charge in [-0.15, -0.1) is 0 Å². The first-order valence-corrected chi connectivity index (χ1v) is 8.58. The van der Waals surface area contributed by atoms with Crippen molar-refractivity contribution in [1.29, 1.82) is 0 Å². The number of hydrogen-bond donors (Lipinski definition) is 3. The van der Waals surface area contributed by atoms with Crippen molar-refractivity contribution in [1.82, 2.24) is 10.6 Å². The van der Waals surface area contributed by atoms with Crippen LogP contribution in [-0.2, 0) is 4.74 Å². The minimum absolute atomic E-state index is 0.0576. The van der Waals surface area contributed by atoms with E-state index in [0.29, 0.717) is 5.25 Å². The van der Waals surface area contributed by atoms with Crippen LogP contribution in [0.15, 0.2) is 4.99 Å². The first-order chi connectivity index (χ1) is 9.78. The third-order valence-electron chi connectivity index (χ3n) is 4.26. The van der Waals surface area contributed by atoms with Gasteiger partial charge in [-0.2, -0.15) is 11.8 Å². The highest BCUT2D eigenvalue weighted by molar-refractivity contribution is 8.00. The fraction of sp³-hybridized carbons (Fsp3) is 0.929. The maximum absolute atomic E-state index is 9.67. The van der Waals surface area contributed by atoms with Gasteiger partial charge in [-0.25, -0.2) is 0 Å². The Kier molecular flexibility index (Phi) is 6.45. The summed E-state index contributed by atoms with van der Waals surface area (Å²) >= 11 is 2.04. The molecule has 2 rings (SSSR count).